The van der Waals surface area contributed by atoms with Gasteiger partial charge in [0.1, 0.15) is 6.61 Å². The molecule has 0 saturated heterocycles. The number of nitrogens with zero attached hydrogens (tertiary/aromatic N) is 2. The SMILES string of the molecule is C#C.CC[C@H]1C(=O)OCc2c1cc1n(c2=O)Cc2cc3ccccc3nc2-1. The van der Waals surface area contributed by atoms with Crippen LogP contribution in [0.4, 0.5) is 0 Å². The van der Waals surface area contributed by atoms with Gasteiger partial charge in [-0.25, -0.2) is 4.98 Å². The van der Waals surface area contributed by atoms with Gasteiger partial charge in [-0.15, -0.1) is 12.8 Å². The number of rotatable bonds is 1. The maximum atomic E-state index is 13.0. The molecule has 5 heteroatoms. The Morgan fingerprint density at radius 3 is 2.78 bits per heavy atom. The Kier molecular flexibility index (Phi) is 4.04. The third-order valence-corrected chi connectivity index (χ3v) is 5.24. The highest BCUT2D eigenvalue weighted by Gasteiger charge is 2.33. The number of benzene rings is 1. The Balaban J connectivity index is 0.000000872. The second-order valence-corrected chi connectivity index (χ2v) is 6.61. The quantitative estimate of drug-likeness (QED) is 0.387. The van der Waals surface area contributed by atoms with Crippen molar-refractivity contribution in [2.75, 3.05) is 0 Å². The molecule has 1 aromatic carbocycles. The highest BCUT2D eigenvalue weighted by Crippen LogP contribution is 2.36. The molecule has 0 fully saturated rings. The number of para-hydroxylation sites is 1. The number of cyclic esters (lactones) is 1. The minimum atomic E-state index is -0.369. The van der Waals surface area contributed by atoms with Gasteiger partial charge in [-0.1, -0.05) is 25.1 Å². The molecule has 0 spiro atoms. The Hall–Kier alpha value is -3.39. The molecule has 3 aromatic rings. The van der Waals surface area contributed by atoms with Gasteiger partial charge < -0.3 is 9.30 Å². The van der Waals surface area contributed by atoms with Crippen LogP contribution in [0.25, 0.3) is 22.3 Å². The summed E-state index contributed by atoms with van der Waals surface area (Å²) < 4.78 is 6.97. The first-order valence-electron chi connectivity index (χ1n) is 8.83. The summed E-state index contributed by atoms with van der Waals surface area (Å²) in [6, 6.07) is 12.0. The van der Waals surface area contributed by atoms with Gasteiger partial charge in [0.2, 0.25) is 0 Å². The minimum Gasteiger partial charge on any atom is -0.460 e. The van der Waals surface area contributed by atoms with Gasteiger partial charge in [0.05, 0.1) is 34.9 Å². The van der Waals surface area contributed by atoms with E-state index in [2.05, 4.69) is 18.9 Å². The molecule has 0 radical (unpaired) electrons. The number of aromatic nitrogens is 2. The first kappa shape index (κ1) is 17.0. The van der Waals surface area contributed by atoms with Crippen LogP contribution in [0.15, 0.2) is 41.2 Å². The summed E-state index contributed by atoms with van der Waals surface area (Å²) in [6.45, 7) is 2.51. The smallest absolute Gasteiger partial charge is 0.313 e. The van der Waals surface area contributed by atoms with Gasteiger partial charge in [-0.3, -0.25) is 9.59 Å². The second kappa shape index (κ2) is 6.40. The number of hydrogen-bond donors (Lipinski definition) is 0. The van der Waals surface area contributed by atoms with Crippen molar-refractivity contribution >= 4 is 16.9 Å². The third-order valence-electron chi connectivity index (χ3n) is 5.24. The standard InChI is InChI=1S/C20H16N2O3.C2H2/c1-2-13-14-8-17-18-12(7-11-5-3-4-6-16(11)21-18)9-22(17)19(23)15(14)10-25-20(13)24;1-2/h3-8,13H,2,9-10H2,1H3;1-2H/t13-;/m1./s1. The number of terminal acetylenes is 1. The van der Waals surface area contributed by atoms with E-state index in [0.717, 1.165) is 33.4 Å². The number of pyridine rings is 2. The fourth-order valence-electron chi connectivity index (χ4n) is 3.95. The first-order valence-corrected chi connectivity index (χ1v) is 8.83. The van der Waals surface area contributed by atoms with Gasteiger partial charge in [-0.05, 0) is 30.2 Å². The summed E-state index contributed by atoms with van der Waals surface area (Å²) in [4.78, 5) is 29.8. The molecule has 2 aliphatic rings. The van der Waals surface area contributed by atoms with Crippen molar-refractivity contribution in [3.8, 4) is 24.2 Å². The second-order valence-electron chi connectivity index (χ2n) is 6.61. The molecule has 1 atom stereocenters. The molecule has 0 aliphatic carbocycles. The zero-order valence-electron chi connectivity index (χ0n) is 14.9. The summed E-state index contributed by atoms with van der Waals surface area (Å²) >= 11 is 0. The lowest BCUT2D eigenvalue weighted by molar-refractivity contribution is -0.148. The highest BCUT2D eigenvalue weighted by molar-refractivity contribution is 5.85. The predicted molar refractivity (Wildman–Crippen MR) is 103 cm³/mol. The minimum absolute atomic E-state index is 0.0650. The monoisotopic (exact) mass is 358 g/mol. The molecule has 2 aromatic heterocycles. The van der Waals surface area contributed by atoms with E-state index < -0.39 is 0 Å². The van der Waals surface area contributed by atoms with Crippen molar-refractivity contribution in [3.63, 3.8) is 0 Å². The van der Waals surface area contributed by atoms with E-state index in [9.17, 15) is 9.59 Å². The number of carbonyl (C=O) groups is 1. The van der Waals surface area contributed by atoms with Crippen molar-refractivity contribution in [1.29, 1.82) is 0 Å². The van der Waals surface area contributed by atoms with Gasteiger partial charge in [0.25, 0.3) is 5.56 Å². The summed E-state index contributed by atoms with van der Waals surface area (Å²) in [5.74, 6) is -0.615. The molecular weight excluding hydrogens is 340 g/mol. The molecule has 4 heterocycles. The largest absolute Gasteiger partial charge is 0.460 e. The summed E-state index contributed by atoms with van der Waals surface area (Å²) in [7, 11) is 0. The van der Waals surface area contributed by atoms with E-state index in [1.807, 2.05) is 37.3 Å². The van der Waals surface area contributed by atoms with Crippen LogP contribution in [0.3, 0.4) is 0 Å². The summed E-state index contributed by atoms with van der Waals surface area (Å²) in [5, 5.41) is 1.07. The number of ether oxygens (including phenoxy) is 1. The fraction of sp³-hybridized carbons (Fsp3) is 0.227. The average molecular weight is 358 g/mol. The van der Waals surface area contributed by atoms with Crippen LogP contribution in [0.5, 0.6) is 0 Å². The Morgan fingerprint density at radius 1 is 1.22 bits per heavy atom. The van der Waals surface area contributed by atoms with Crippen molar-refractivity contribution in [2.45, 2.75) is 32.4 Å². The summed E-state index contributed by atoms with van der Waals surface area (Å²) in [5.41, 5.74) is 4.93. The van der Waals surface area contributed by atoms with Gasteiger partial charge in [-0.2, -0.15) is 0 Å². The zero-order valence-corrected chi connectivity index (χ0v) is 14.9. The molecule has 0 saturated carbocycles. The Bertz CT molecular complexity index is 1160. The zero-order chi connectivity index (χ0) is 19.1. The first-order chi connectivity index (χ1) is 13.2. The third kappa shape index (κ3) is 2.45. The lowest BCUT2D eigenvalue weighted by Gasteiger charge is -2.24. The van der Waals surface area contributed by atoms with Crippen LogP contribution in [-0.2, 0) is 22.7 Å². The molecule has 5 rings (SSSR count). The molecule has 0 N–H and O–H groups in total. The molecule has 0 amide bonds. The number of fused-ring (bicyclic) bond motifs is 5. The number of hydrogen-bond acceptors (Lipinski definition) is 4. The van der Waals surface area contributed by atoms with E-state index in [0.29, 0.717) is 18.5 Å². The van der Waals surface area contributed by atoms with Gasteiger partial charge in [0, 0.05) is 10.9 Å². The summed E-state index contributed by atoms with van der Waals surface area (Å²) in [6.07, 6.45) is 8.62. The molecule has 0 bridgehead atoms. The van der Waals surface area contributed by atoms with E-state index >= 15 is 0 Å². The van der Waals surface area contributed by atoms with Crippen LogP contribution in [0.2, 0.25) is 0 Å². The predicted octanol–water partition coefficient (Wildman–Crippen LogP) is 3.23. The number of esters is 1. The molecule has 2 aliphatic heterocycles. The van der Waals surface area contributed by atoms with Crippen molar-refractivity contribution < 1.29 is 9.53 Å². The van der Waals surface area contributed by atoms with Crippen LogP contribution in [0, 0.1) is 12.8 Å². The van der Waals surface area contributed by atoms with Crippen LogP contribution in [-0.4, -0.2) is 15.5 Å². The lowest BCUT2D eigenvalue weighted by Crippen LogP contribution is -2.32. The van der Waals surface area contributed by atoms with Crippen molar-refractivity contribution in [1.82, 2.24) is 9.55 Å². The molecule has 5 nitrogen and oxygen atoms in total. The molecule has 27 heavy (non-hydrogen) atoms. The van der Waals surface area contributed by atoms with E-state index in [-0.39, 0.29) is 24.1 Å². The van der Waals surface area contributed by atoms with Crippen LogP contribution >= 0.6 is 0 Å². The van der Waals surface area contributed by atoms with E-state index in [1.165, 1.54) is 0 Å². The van der Waals surface area contributed by atoms with Crippen molar-refractivity contribution in [2.24, 2.45) is 0 Å². The van der Waals surface area contributed by atoms with Crippen LogP contribution in [0.1, 0.15) is 36.0 Å². The number of carbonyl (C=O) groups excluding carboxylic acids is 1. The molecular formula is C22H18N2O3. The molecule has 134 valence electrons. The van der Waals surface area contributed by atoms with Crippen LogP contribution < -0.4 is 5.56 Å². The van der Waals surface area contributed by atoms with Gasteiger partial charge >= 0.3 is 5.97 Å². The lowest BCUT2D eigenvalue weighted by atomic mass is 9.90. The maximum Gasteiger partial charge on any atom is 0.313 e. The Labute approximate surface area is 156 Å². The fourth-order valence-corrected chi connectivity index (χ4v) is 3.95. The highest BCUT2D eigenvalue weighted by atomic mass is 16.5. The van der Waals surface area contributed by atoms with E-state index in [1.54, 1.807) is 4.57 Å². The van der Waals surface area contributed by atoms with Gasteiger partial charge in [0.15, 0.2) is 0 Å². The maximum absolute atomic E-state index is 13.0. The topological polar surface area (TPSA) is 61.2 Å². The normalized spacial score (nSPS) is 16.6. The molecule has 0 unspecified atom stereocenters. The Morgan fingerprint density at radius 2 is 2.00 bits per heavy atom. The van der Waals surface area contributed by atoms with E-state index in [4.69, 9.17) is 9.72 Å². The average Bonchev–Trinajstić information content (AvgIpc) is 3.06. The van der Waals surface area contributed by atoms with Crippen molar-refractivity contribution in [3.05, 3.63) is 63.4 Å².